The minimum Gasteiger partial charge on any atom is -0.369 e. The molecular formula is C13H18N6O. The molecule has 106 valence electrons. The van der Waals surface area contributed by atoms with E-state index in [0.717, 1.165) is 25.9 Å². The van der Waals surface area contributed by atoms with E-state index in [-0.39, 0.29) is 5.91 Å². The number of carbonyl (C=O) groups excluding carboxylic acids is 1. The number of hydrogen-bond acceptors (Lipinski definition) is 5. The fourth-order valence-electron chi connectivity index (χ4n) is 1.83. The van der Waals surface area contributed by atoms with Gasteiger partial charge >= 0.3 is 0 Å². The van der Waals surface area contributed by atoms with Gasteiger partial charge in [-0.05, 0) is 25.0 Å². The van der Waals surface area contributed by atoms with Crippen LogP contribution in [0.25, 0.3) is 0 Å². The lowest BCUT2D eigenvalue weighted by Crippen LogP contribution is -2.20. The van der Waals surface area contributed by atoms with Gasteiger partial charge in [-0.2, -0.15) is 0 Å². The van der Waals surface area contributed by atoms with Gasteiger partial charge in [-0.3, -0.25) is 4.79 Å². The SMILES string of the molecule is CNC(=O)c1cccnc1NCCCCn1cnnc1. The van der Waals surface area contributed by atoms with Crippen LogP contribution >= 0.6 is 0 Å². The molecule has 7 nitrogen and oxygen atoms in total. The average Bonchev–Trinajstić information content (AvgIpc) is 3.00. The number of anilines is 1. The fourth-order valence-corrected chi connectivity index (χ4v) is 1.83. The summed E-state index contributed by atoms with van der Waals surface area (Å²) in [5, 5.41) is 13.3. The van der Waals surface area contributed by atoms with Gasteiger partial charge in [0.25, 0.3) is 5.91 Å². The highest BCUT2D eigenvalue weighted by Gasteiger charge is 2.09. The summed E-state index contributed by atoms with van der Waals surface area (Å²) in [7, 11) is 1.61. The minimum atomic E-state index is -0.134. The number of nitrogens with one attached hydrogen (secondary N) is 2. The largest absolute Gasteiger partial charge is 0.369 e. The van der Waals surface area contributed by atoms with Gasteiger partial charge in [-0.15, -0.1) is 10.2 Å². The van der Waals surface area contributed by atoms with Crippen molar-refractivity contribution in [2.24, 2.45) is 0 Å². The Balaban J connectivity index is 1.78. The van der Waals surface area contributed by atoms with Crippen LogP contribution in [0.4, 0.5) is 5.82 Å². The first-order valence-corrected chi connectivity index (χ1v) is 6.54. The van der Waals surface area contributed by atoms with E-state index in [9.17, 15) is 4.79 Å². The molecule has 0 atom stereocenters. The van der Waals surface area contributed by atoms with E-state index in [1.807, 2.05) is 4.57 Å². The molecule has 2 N–H and O–H groups in total. The summed E-state index contributed by atoms with van der Waals surface area (Å²) < 4.78 is 1.94. The van der Waals surface area contributed by atoms with E-state index in [1.165, 1.54) is 0 Å². The Bertz CT molecular complexity index is 540. The second-order valence-electron chi connectivity index (χ2n) is 4.31. The third-order valence-corrected chi connectivity index (χ3v) is 2.88. The topological polar surface area (TPSA) is 84.7 Å². The number of aromatic nitrogens is 4. The number of unbranched alkanes of at least 4 members (excludes halogenated alkanes) is 1. The smallest absolute Gasteiger partial charge is 0.254 e. The first-order valence-electron chi connectivity index (χ1n) is 6.54. The zero-order chi connectivity index (χ0) is 14.2. The molecule has 2 heterocycles. The van der Waals surface area contributed by atoms with Crippen molar-refractivity contribution in [3.63, 3.8) is 0 Å². The third kappa shape index (κ3) is 3.78. The number of nitrogens with zero attached hydrogens (tertiary/aromatic N) is 4. The van der Waals surface area contributed by atoms with Gasteiger partial charge in [-0.1, -0.05) is 0 Å². The summed E-state index contributed by atoms with van der Waals surface area (Å²) in [6.07, 6.45) is 7.06. The van der Waals surface area contributed by atoms with Crippen molar-refractivity contribution in [2.75, 3.05) is 18.9 Å². The van der Waals surface area contributed by atoms with Crippen LogP contribution in [0, 0.1) is 0 Å². The van der Waals surface area contributed by atoms with Crippen LogP contribution in [0.3, 0.4) is 0 Å². The van der Waals surface area contributed by atoms with Crippen LogP contribution in [0.2, 0.25) is 0 Å². The van der Waals surface area contributed by atoms with Crippen molar-refractivity contribution in [3.05, 3.63) is 36.5 Å². The van der Waals surface area contributed by atoms with Gasteiger partial charge in [0.2, 0.25) is 0 Å². The summed E-state index contributed by atoms with van der Waals surface area (Å²) in [6, 6.07) is 3.51. The number of amides is 1. The van der Waals surface area contributed by atoms with Gasteiger partial charge in [0.05, 0.1) is 5.56 Å². The van der Waals surface area contributed by atoms with Crippen LogP contribution in [-0.4, -0.2) is 39.2 Å². The van der Waals surface area contributed by atoms with Crippen molar-refractivity contribution in [1.29, 1.82) is 0 Å². The van der Waals surface area contributed by atoms with Gasteiger partial charge in [0.1, 0.15) is 18.5 Å². The number of rotatable bonds is 7. The summed E-state index contributed by atoms with van der Waals surface area (Å²) in [6.45, 7) is 1.66. The van der Waals surface area contributed by atoms with Crippen molar-refractivity contribution in [1.82, 2.24) is 25.1 Å². The Morgan fingerprint density at radius 3 is 2.85 bits per heavy atom. The monoisotopic (exact) mass is 274 g/mol. The zero-order valence-corrected chi connectivity index (χ0v) is 11.4. The number of hydrogen-bond donors (Lipinski definition) is 2. The molecule has 2 rings (SSSR count). The maximum atomic E-state index is 11.7. The molecule has 0 aliphatic heterocycles. The molecular weight excluding hydrogens is 256 g/mol. The van der Waals surface area contributed by atoms with Gasteiger partial charge < -0.3 is 15.2 Å². The Morgan fingerprint density at radius 2 is 2.10 bits per heavy atom. The number of carbonyl (C=O) groups is 1. The maximum Gasteiger partial charge on any atom is 0.254 e. The normalized spacial score (nSPS) is 10.2. The molecule has 0 fully saturated rings. The molecule has 0 aliphatic rings. The van der Waals surface area contributed by atoms with Crippen molar-refractivity contribution < 1.29 is 4.79 Å². The van der Waals surface area contributed by atoms with Crippen molar-refractivity contribution in [3.8, 4) is 0 Å². The molecule has 2 aromatic rings. The van der Waals surface area contributed by atoms with Gasteiger partial charge in [-0.25, -0.2) is 4.98 Å². The first kappa shape index (κ1) is 14.0. The molecule has 0 aliphatic carbocycles. The van der Waals surface area contributed by atoms with E-state index >= 15 is 0 Å². The molecule has 0 aromatic carbocycles. The number of pyridine rings is 1. The highest BCUT2D eigenvalue weighted by Crippen LogP contribution is 2.11. The highest BCUT2D eigenvalue weighted by molar-refractivity contribution is 5.98. The molecule has 0 bridgehead atoms. The molecule has 0 spiro atoms. The van der Waals surface area contributed by atoms with Crippen molar-refractivity contribution >= 4 is 11.7 Å². The predicted molar refractivity (Wildman–Crippen MR) is 75.4 cm³/mol. The lowest BCUT2D eigenvalue weighted by Gasteiger charge is -2.09. The summed E-state index contributed by atoms with van der Waals surface area (Å²) in [5.41, 5.74) is 0.564. The maximum absolute atomic E-state index is 11.7. The van der Waals surface area contributed by atoms with Gasteiger partial charge in [0.15, 0.2) is 0 Å². The third-order valence-electron chi connectivity index (χ3n) is 2.88. The lowest BCUT2D eigenvalue weighted by molar-refractivity contribution is 0.0963. The summed E-state index contributed by atoms with van der Waals surface area (Å²) in [4.78, 5) is 15.9. The zero-order valence-electron chi connectivity index (χ0n) is 11.4. The molecule has 0 saturated carbocycles. The molecule has 0 saturated heterocycles. The molecule has 1 amide bonds. The van der Waals surface area contributed by atoms with Gasteiger partial charge in [0, 0.05) is 26.3 Å². The van der Waals surface area contributed by atoms with E-state index in [1.54, 1.807) is 38.0 Å². The average molecular weight is 274 g/mol. The Hall–Kier alpha value is -2.44. The summed E-state index contributed by atoms with van der Waals surface area (Å²) >= 11 is 0. The first-order chi connectivity index (χ1) is 9.81. The Labute approximate surface area is 117 Å². The molecule has 7 heteroatoms. The van der Waals surface area contributed by atoms with Crippen LogP contribution in [0.15, 0.2) is 31.0 Å². The molecule has 20 heavy (non-hydrogen) atoms. The van der Waals surface area contributed by atoms with Crippen LogP contribution in [-0.2, 0) is 6.54 Å². The van der Waals surface area contributed by atoms with E-state index in [4.69, 9.17) is 0 Å². The van der Waals surface area contributed by atoms with E-state index in [2.05, 4.69) is 25.8 Å². The fraction of sp³-hybridized carbons (Fsp3) is 0.385. The molecule has 0 unspecified atom stereocenters. The second-order valence-corrected chi connectivity index (χ2v) is 4.31. The quantitative estimate of drug-likeness (QED) is 0.734. The van der Waals surface area contributed by atoms with Crippen LogP contribution < -0.4 is 10.6 Å². The molecule has 0 radical (unpaired) electrons. The second kappa shape index (κ2) is 7.22. The Kier molecular flexibility index (Phi) is 5.05. The highest BCUT2D eigenvalue weighted by atomic mass is 16.1. The van der Waals surface area contributed by atoms with E-state index in [0.29, 0.717) is 11.4 Å². The van der Waals surface area contributed by atoms with E-state index < -0.39 is 0 Å². The lowest BCUT2D eigenvalue weighted by atomic mass is 10.2. The number of aryl methyl sites for hydroxylation is 1. The Morgan fingerprint density at radius 1 is 1.30 bits per heavy atom. The summed E-state index contributed by atoms with van der Waals surface area (Å²) in [5.74, 6) is 0.487. The van der Waals surface area contributed by atoms with Crippen LogP contribution in [0.1, 0.15) is 23.2 Å². The minimum absolute atomic E-state index is 0.134. The standard InChI is InChI=1S/C13H18N6O/c1-14-13(20)11-5-4-7-16-12(11)15-6-2-3-8-19-9-17-18-10-19/h4-5,7,9-10H,2-3,6,8H2,1H3,(H,14,20)(H,15,16). The predicted octanol–water partition coefficient (Wildman–Crippen LogP) is 0.925. The van der Waals surface area contributed by atoms with Crippen LogP contribution in [0.5, 0.6) is 0 Å². The van der Waals surface area contributed by atoms with Crippen molar-refractivity contribution in [2.45, 2.75) is 19.4 Å². The molecule has 2 aromatic heterocycles.